The number of likely N-dealkylation sites (tertiary alicyclic amines) is 1. The number of hydrogen-bond acceptors (Lipinski definition) is 3. The van der Waals surface area contributed by atoms with E-state index in [1.807, 2.05) is 20.8 Å². The minimum atomic E-state index is -4.40. The number of carbonyl (C=O) groups excluding carboxylic acids is 1. The Balaban J connectivity index is 1.66. The molecule has 1 aliphatic heterocycles. The summed E-state index contributed by atoms with van der Waals surface area (Å²) in [6.45, 7) is 6.55. The van der Waals surface area contributed by atoms with Crippen molar-refractivity contribution in [2.75, 3.05) is 13.1 Å². The highest BCUT2D eigenvalue weighted by Crippen LogP contribution is 2.53. The lowest BCUT2D eigenvalue weighted by Crippen LogP contribution is -2.58. The molecule has 2 fully saturated rings. The molecule has 25 heavy (non-hydrogen) atoms. The summed E-state index contributed by atoms with van der Waals surface area (Å²) < 4.78 is 46.1. The number of ether oxygens (including phenoxy) is 1. The van der Waals surface area contributed by atoms with Crippen LogP contribution in [0, 0.1) is 5.41 Å². The van der Waals surface area contributed by atoms with Gasteiger partial charge in [0, 0.05) is 31.1 Å². The second-order valence-electron chi connectivity index (χ2n) is 8.35. The zero-order valence-corrected chi connectivity index (χ0v) is 15.0. The summed E-state index contributed by atoms with van der Waals surface area (Å²) in [6.07, 6.45) is -1.24. The Bertz CT molecular complexity index is 670. The standard InChI is InChI=1S/C17H24F3N3O2/c1-15(2,3)25-14(24)23-9-16(10-23)6-5-11(7-16)12-8-21-22(4)13(12)17(18,19)20/h8,11H,5-7,9-10H2,1-4H3/t11-/m1/s1. The summed E-state index contributed by atoms with van der Waals surface area (Å²) in [7, 11) is 1.32. The fraction of sp³-hybridized carbons (Fsp3) is 0.765. The van der Waals surface area contributed by atoms with Crippen molar-refractivity contribution in [1.82, 2.24) is 14.7 Å². The highest BCUT2D eigenvalue weighted by molar-refractivity contribution is 5.69. The van der Waals surface area contributed by atoms with Crippen molar-refractivity contribution < 1.29 is 22.7 Å². The fourth-order valence-corrected chi connectivity index (χ4v) is 4.08. The first kappa shape index (κ1) is 18.1. The van der Waals surface area contributed by atoms with E-state index in [2.05, 4.69) is 5.10 Å². The average Bonchev–Trinajstić information content (AvgIpc) is 2.97. The predicted octanol–water partition coefficient (Wildman–Crippen LogP) is 3.94. The van der Waals surface area contributed by atoms with Crippen LogP contribution in [0.15, 0.2) is 6.20 Å². The SMILES string of the molecule is Cn1ncc([C@@H]2CCC3(C2)CN(C(=O)OC(C)(C)C)C3)c1C(F)(F)F. The Hall–Kier alpha value is -1.73. The molecule has 5 nitrogen and oxygen atoms in total. The van der Waals surface area contributed by atoms with E-state index in [4.69, 9.17) is 4.74 Å². The number of alkyl halides is 3. The molecule has 1 amide bonds. The van der Waals surface area contributed by atoms with Gasteiger partial charge in [0.2, 0.25) is 0 Å². The van der Waals surface area contributed by atoms with Gasteiger partial charge in [-0.2, -0.15) is 18.3 Å². The lowest BCUT2D eigenvalue weighted by atomic mass is 9.77. The normalized spacial score (nSPS) is 23.0. The monoisotopic (exact) mass is 359 g/mol. The van der Waals surface area contributed by atoms with Crippen LogP contribution in [0.5, 0.6) is 0 Å². The molecule has 3 rings (SSSR count). The zero-order valence-electron chi connectivity index (χ0n) is 15.0. The summed E-state index contributed by atoms with van der Waals surface area (Å²) in [4.78, 5) is 13.7. The van der Waals surface area contributed by atoms with E-state index in [0.29, 0.717) is 25.9 Å². The van der Waals surface area contributed by atoms with Crippen LogP contribution in [0.2, 0.25) is 0 Å². The molecule has 8 heteroatoms. The molecule has 1 atom stereocenters. The first-order valence-corrected chi connectivity index (χ1v) is 8.47. The van der Waals surface area contributed by atoms with Crippen LogP contribution >= 0.6 is 0 Å². The molecule has 140 valence electrons. The van der Waals surface area contributed by atoms with Crippen LogP contribution in [0.1, 0.15) is 57.2 Å². The molecule has 0 unspecified atom stereocenters. The van der Waals surface area contributed by atoms with Crippen molar-refractivity contribution in [2.45, 2.75) is 57.7 Å². The van der Waals surface area contributed by atoms with Gasteiger partial charge < -0.3 is 9.64 Å². The highest BCUT2D eigenvalue weighted by atomic mass is 19.4. The molecular weight excluding hydrogens is 335 g/mol. The average molecular weight is 359 g/mol. The van der Waals surface area contributed by atoms with Gasteiger partial charge in [-0.05, 0) is 46.0 Å². The maximum absolute atomic E-state index is 13.3. The second kappa shape index (κ2) is 5.64. The molecule has 0 radical (unpaired) electrons. The summed E-state index contributed by atoms with van der Waals surface area (Å²) in [5, 5.41) is 3.81. The van der Waals surface area contributed by atoms with E-state index in [-0.39, 0.29) is 23.0 Å². The van der Waals surface area contributed by atoms with Crippen LogP contribution in [0.25, 0.3) is 0 Å². The zero-order chi connectivity index (χ0) is 18.6. The van der Waals surface area contributed by atoms with Gasteiger partial charge in [0.05, 0.1) is 6.20 Å². The van der Waals surface area contributed by atoms with E-state index in [0.717, 1.165) is 11.1 Å². The number of rotatable bonds is 1. The Morgan fingerprint density at radius 3 is 2.52 bits per heavy atom. The van der Waals surface area contributed by atoms with Crippen LogP contribution < -0.4 is 0 Å². The third-order valence-corrected chi connectivity index (χ3v) is 5.08. The summed E-state index contributed by atoms with van der Waals surface area (Å²) >= 11 is 0. The minimum absolute atomic E-state index is 0.0831. The lowest BCUT2D eigenvalue weighted by molar-refractivity contribution is -0.144. The number of amides is 1. The van der Waals surface area contributed by atoms with Crippen LogP contribution in [0.3, 0.4) is 0 Å². The predicted molar refractivity (Wildman–Crippen MR) is 85.0 cm³/mol. The van der Waals surface area contributed by atoms with Crippen molar-refractivity contribution in [3.8, 4) is 0 Å². The van der Waals surface area contributed by atoms with E-state index in [1.54, 1.807) is 4.90 Å². The number of carbonyl (C=O) groups is 1. The number of aryl methyl sites for hydroxylation is 1. The van der Waals surface area contributed by atoms with Gasteiger partial charge in [-0.3, -0.25) is 4.68 Å². The Morgan fingerprint density at radius 1 is 1.32 bits per heavy atom. The molecule has 1 aromatic heterocycles. The molecule has 1 saturated carbocycles. The lowest BCUT2D eigenvalue weighted by Gasteiger charge is -2.48. The van der Waals surface area contributed by atoms with Crippen molar-refractivity contribution >= 4 is 6.09 Å². The Morgan fingerprint density at radius 2 is 1.96 bits per heavy atom. The molecule has 2 heterocycles. The van der Waals surface area contributed by atoms with Crippen LogP contribution in [-0.2, 0) is 18.0 Å². The fourth-order valence-electron chi connectivity index (χ4n) is 4.08. The van der Waals surface area contributed by atoms with Gasteiger partial charge >= 0.3 is 12.3 Å². The topological polar surface area (TPSA) is 47.4 Å². The summed E-state index contributed by atoms with van der Waals surface area (Å²) in [5.74, 6) is -0.161. The van der Waals surface area contributed by atoms with E-state index < -0.39 is 17.5 Å². The molecule has 1 aromatic rings. The maximum atomic E-state index is 13.3. The Labute approximate surface area is 145 Å². The smallest absolute Gasteiger partial charge is 0.433 e. The van der Waals surface area contributed by atoms with Gasteiger partial charge in [-0.15, -0.1) is 0 Å². The first-order chi connectivity index (χ1) is 11.4. The minimum Gasteiger partial charge on any atom is -0.444 e. The maximum Gasteiger partial charge on any atom is 0.433 e. The molecule has 0 aromatic carbocycles. The van der Waals surface area contributed by atoms with Gasteiger partial charge in [-0.1, -0.05) is 0 Å². The largest absolute Gasteiger partial charge is 0.444 e. The van der Waals surface area contributed by atoms with Crippen molar-refractivity contribution in [1.29, 1.82) is 0 Å². The molecule has 1 aliphatic carbocycles. The number of aromatic nitrogens is 2. The van der Waals surface area contributed by atoms with E-state index in [9.17, 15) is 18.0 Å². The van der Waals surface area contributed by atoms with Crippen molar-refractivity contribution in [3.05, 3.63) is 17.5 Å². The van der Waals surface area contributed by atoms with Crippen LogP contribution in [-0.4, -0.2) is 39.5 Å². The summed E-state index contributed by atoms with van der Waals surface area (Å²) in [5.41, 5.74) is -1.00. The molecule has 0 bridgehead atoms. The second-order valence-corrected chi connectivity index (χ2v) is 8.35. The molecule has 2 aliphatic rings. The third kappa shape index (κ3) is 3.48. The molecule has 0 N–H and O–H groups in total. The van der Waals surface area contributed by atoms with Gasteiger partial charge in [0.25, 0.3) is 0 Å². The Kier molecular flexibility index (Phi) is 4.08. The number of halogens is 3. The molecule has 1 saturated heterocycles. The van der Waals surface area contributed by atoms with E-state index >= 15 is 0 Å². The van der Waals surface area contributed by atoms with Crippen molar-refractivity contribution in [3.63, 3.8) is 0 Å². The molecular formula is C17H24F3N3O2. The number of nitrogens with zero attached hydrogens (tertiary/aromatic N) is 3. The number of hydrogen-bond donors (Lipinski definition) is 0. The van der Waals surface area contributed by atoms with Gasteiger partial charge in [0.15, 0.2) is 0 Å². The van der Waals surface area contributed by atoms with Gasteiger partial charge in [0.1, 0.15) is 11.3 Å². The molecule has 1 spiro atoms. The van der Waals surface area contributed by atoms with E-state index in [1.165, 1.54) is 13.2 Å². The van der Waals surface area contributed by atoms with Crippen LogP contribution in [0.4, 0.5) is 18.0 Å². The first-order valence-electron chi connectivity index (χ1n) is 8.47. The quantitative estimate of drug-likeness (QED) is 0.763. The highest BCUT2D eigenvalue weighted by Gasteiger charge is 2.52. The summed E-state index contributed by atoms with van der Waals surface area (Å²) in [6, 6.07) is 0. The third-order valence-electron chi connectivity index (χ3n) is 5.08. The van der Waals surface area contributed by atoms with Crippen molar-refractivity contribution in [2.24, 2.45) is 12.5 Å². The van der Waals surface area contributed by atoms with Gasteiger partial charge in [-0.25, -0.2) is 4.79 Å².